The van der Waals surface area contributed by atoms with Crippen LogP contribution in [0.3, 0.4) is 0 Å². The van der Waals surface area contributed by atoms with Gasteiger partial charge in [0.25, 0.3) is 5.91 Å². The van der Waals surface area contributed by atoms with Gasteiger partial charge in [-0.3, -0.25) is 9.59 Å². The van der Waals surface area contributed by atoms with Crippen LogP contribution in [0.5, 0.6) is 5.75 Å². The van der Waals surface area contributed by atoms with Crippen LogP contribution < -0.4 is 15.4 Å². The highest BCUT2D eigenvalue weighted by Crippen LogP contribution is 2.38. The van der Waals surface area contributed by atoms with Gasteiger partial charge in [0, 0.05) is 17.5 Å². The maximum absolute atomic E-state index is 13.1. The van der Waals surface area contributed by atoms with E-state index in [-0.39, 0.29) is 11.8 Å². The largest absolute Gasteiger partial charge is 0.497 e. The Hall–Kier alpha value is -3.38. The van der Waals surface area contributed by atoms with Crippen LogP contribution in [-0.2, 0) is 24.1 Å². The summed E-state index contributed by atoms with van der Waals surface area (Å²) in [7, 11) is 1.62. The van der Waals surface area contributed by atoms with Crippen LogP contribution in [0.25, 0.3) is 6.08 Å². The number of ether oxygens (including phenoxy) is 1. The summed E-state index contributed by atoms with van der Waals surface area (Å²) in [6, 6.07) is 17.6. The monoisotopic (exact) mass is 460 g/mol. The predicted octanol–water partition coefficient (Wildman–Crippen LogP) is 5.26. The minimum Gasteiger partial charge on any atom is -0.497 e. The summed E-state index contributed by atoms with van der Waals surface area (Å²) < 4.78 is 5.16. The van der Waals surface area contributed by atoms with Crippen molar-refractivity contribution < 1.29 is 14.3 Å². The lowest BCUT2D eigenvalue weighted by atomic mass is 9.95. The van der Waals surface area contributed by atoms with Crippen molar-refractivity contribution in [2.24, 2.45) is 0 Å². The van der Waals surface area contributed by atoms with Crippen LogP contribution in [0, 0.1) is 0 Å². The molecule has 0 radical (unpaired) electrons. The number of methoxy groups -OCH3 is 1. The molecule has 2 N–H and O–H groups in total. The summed E-state index contributed by atoms with van der Waals surface area (Å²) in [5.74, 6) is 0.409. The third-order valence-electron chi connectivity index (χ3n) is 5.72. The van der Waals surface area contributed by atoms with Gasteiger partial charge in [-0.2, -0.15) is 0 Å². The second kappa shape index (κ2) is 11.0. The number of anilines is 1. The van der Waals surface area contributed by atoms with Crippen LogP contribution >= 0.6 is 11.3 Å². The van der Waals surface area contributed by atoms with E-state index in [1.54, 1.807) is 13.2 Å². The molecule has 0 saturated heterocycles. The molecular formula is C27H28N2O3S. The molecule has 0 saturated carbocycles. The van der Waals surface area contributed by atoms with Crippen molar-refractivity contribution in [1.29, 1.82) is 0 Å². The third-order valence-corrected chi connectivity index (χ3v) is 6.93. The molecule has 1 heterocycles. The number of amides is 2. The molecule has 0 bridgehead atoms. The highest BCUT2D eigenvalue weighted by molar-refractivity contribution is 7.17. The highest BCUT2D eigenvalue weighted by Gasteiger charge is 2.25. The SMILES string of the molecule is COc1ccc(/C=C/C(=O)Nc2sc3c(c2C(=O)NCCc2ccccc2)CCCC3)cc1. The number of nitrogens with one attached hydrogen (secondary N) is 2. The zero-order valence-electron chi connectivity index (χ0n) is 18.7. The summed E-state index contributed by atoms with van der Waals surface area (Å²) in [5.41, 5.74) is 3.81. The Morgan fingerprint density at radius 2 is 1.79 bits per heavy atom. The van der Waals surface area contributed by atoms with Crippen molar-refractivity contribution in [2.45, 2.75) is 32.1 Å². The third kappa shape index (κ3) is 5.90. The molecule has 0 atom stereocenters. The molecule has 4 rings (SSSR count). The number of hydrogen-bond donors (Lipinski definition) is 2. The molecule has 3 aromatic rings. The van der Waals surface area contributed by atoms with Crippen molar-refractivity contribution in [3.63, 3.8) is 0 Å². The van der Waals surface area contributed by atoms with Crippen molar-refractivity contribution in [3.05, 3.63) is 87.8 Å². The van der Waals surface area contributed by atoms with Gasteiger partial charge in [-0.1, -0.05) is 42.5 Å². The van der Waals surface area contributed by atoms with E-state index in [4.69, 9.17) is 4.74 Å². The average molecular weight is 461 g/mol. The van der Waals surface area contributed by atoms with E-state index < -0.39 is 0 Å². The van der Waals surface area contributed by atoms with E-state index in [0.29, 0.717) is 17.1 Å². The molecule has 0 fully saturated rings. The van der Waals surface area contributed by atoms with E-state index in [1.807, 2.05) is 42.5 Å². The summed E-state index contributed by atoms with van der Waals surface area (Å²) >= 11 is 1.53. The number of hydrogen-bond acceptors (Lipinski definition) is 4. The standard InChI is InChI=1S/C27H28N2O3S/c1-32-21-14-11-20(12-15-21)13-16-24(30)29-27-25(22-9-5-6-10-23(22)33-27)26(31)28-18-17-19-7-3-2-4-8-19/h2-4,7-8,11-16H,5-6,9-10,17-18H2,1H3,(H,28,31)(H,29,30)/b16-13+. The number of carbonyl (C=O) groups excluding carboxylic acids is 2. The Labute approximate surface area is 198 Å². The first-order valence-corrected chi connectivity index (χ1v) is 12.1. The first-order valence-electron chi connectivity index (χ1n) is 11.2. The van der Waals surface area contributed by atoms with Crippen molar-refractivity contribution in [3.8, 4) is 5.75 Å². The van der Waals surface area contributed by atoms with Gasteiger partial charge in [0.2, 0.25) is 5.91 Å². The fourth-order valence-electron chi connectivity index (χ4n) is 3.99. The lowest BCUT2D eigenvalue weighted by Crippen LogP contribution is -2.27. The summed E-state index contributed by atoms with van der Waals surface area (Å²) in [5, 5.41) is 6.65. The topological polar surface area (TPSA) is 67.4 Å². The number of rotatable bonds is 8. The van der Waals surface area contributed by atoms with E-state index in [1.165, 1.54) is 27.9 Å². The number of benzene rings is 2. The Bertz CT molecular complexity index is 1130. The quantitative estimate of drug-likeness (QED) is 0.451. The van der Waals surface area contributed by atoms with Gasteiger partial charge >= 0.3 is 0 Å². The van der Waals surface area contributed by atoms with E-state index in [2.05, 4.69) is 22.8 Å². The molecule has 1 aliphatic carbocycles. The number of aryl methyl sites for hydroxylation is 1. The van der Waals surface area contributed by atoms with Gasteiger partial charge in [-0.05, 0) is 67.0 Å². The molecule has 170 valence electrons. The Morgan fingerprint density at radius 3 is 2.55 bits per heavy atom. The highest BCUT2D eigenvalue weighted by atomic mass is 32.1. The van der Waals surface area contributed by atoms with Gasteiger partial charge in [0.05, 0.1) is 12.7 Å². The van der Waals surface area contributed by atoms with Gasteiger partial charge in [0.15, 0.2) is 0 Å². The second-order valence-electron chi connectivity index (χ2n) is 8.00. The first-order chi connectivity index (χ1) is 16.1. The number of thiophene rings is 1. The van der Waals surface area contributed by atoms with Crippen LogP contribution in [0.2, 0.25) is 0 Å². The van der Waals surface area contributed by atoms with Gasteiger partial charge in [0.1, 0.15) is 10.8 Å². The van der Waals surface area contributed by atoms with E-state index >= 15 is 0 Å². The summed E-state index contributed by atoms with van der Waals surface area (Å²) in [6.07, 6.45) is 8.05. The minimum atomic E-state index is -0.247. The van der Waals surface area contributed by atoms with Crippen LogP contribution in [0.4, 0.5) is 5.00 Å². The first kappa shape index (κ1) is 22.8. The van der Waals surface area contributed by atoms with Crippen molar-refractivity contribution >= 4 is 34.2 Å². The number of fused-ring (bicyclic) bond motifs is 1. The molecule has 1 aliphatic rings. The lowest BCUT2D eigenvalue weighted by molar-refractivity contribution is -0.111. The molecule has 0 spiro atoms. The number of carbonyl (C=O) groups is 2. The van der Waals surface area contributed by atoms with Crippen LogP contribution in [-0.4, -0.2) is 25.5 Å². The molecule has 5 nitrogen and oxygen atoms in total. The fourth-order valence-corrected chi connectivity index (χ4v) is 5.28. The smallest absolute Gasteiger partial charge is 0.254 e. The minimum absolute atomic E-state index is 0.111. The normalized spacial score (nSPS) is 12.9. The molecule has 0 aliphatic heterocycles. The molecule has 2 amide bonds. The predicted molar refractivity (Wildman–Crippen MR) is 134 cm³/mol. The lowest BCUT2D eigenvalue weighted by Gasteiger charge is -2.13. The van der Waals surface area contributed by atoms with Crippen LogP contribution in [0.15, 0.2) is 60.7 Å². The summed E-state index contributed by atoms with van der Waals surface area (Å²) in [4.78, 5) is 27.0. The van der Waals surface area contributed by atoms with Gasteiger partial charge in [-0.15, -0.1) is 11.3 Å². The molecule has 33 heavy (non-hydrogen) atoms. The maximum Gasteiger partial charge on any atom is 0.254 e. The van der Waals surface area contributed by atoms with Crippen LogP contribution in [0.1, 0.15) is 44.8 Å². The molecule has 1 aromatic heterocycles. The summed E-state index contributed by atoms with van der Waals surface area (Å²) in [6.45, 7) is 0.554. The van der Waals surface area contributed by atoms with Gasteiger partial charge in [-0.25, -0.2) is 0 Å². The maximum atomic E-state index is 13.1. The second-order valence-corrected chi connectivity index (χ2v) is 9.11. The van der Waals surface area contributed by atoms with Crippen molar-refractivity contribution in [1.82, 2.24) is 5.32 Å². The fraction of sp³-hybridized carbons (Fsp3) is 0.259. The zero-order chi connectivity index (χ0) is 23.0. The van der Waals surface area contributed by atoms with Gasteiger partial charge < -0.3 is 15.4 Å². The zero-order valence-corrected chi connectivity index (χ0v) is 19.5. The van der Waals surface area contributed by atoms with Crippen molar-refractivity contribution in [2.75, 3.05) is 19.0 Å². The molecular weight excluding hydrogens is 432 g/mol. The van der Waals surface area contributed by atoms with E-state index in [0.717, 1.165) is 49.0 Å². The Morgan fingerprint density at radius 1 is 1.03 bits per heavy atom. The molecule has 0 unspecified atom stereocenters. The van der Waals surface area contributed by atoms with E-state index in [9.17, 15) is 9.59 Å². The Balaban J connectivity index is 1.45. The Kier molecular flexibility index (Phi) is 7.58. The average Bonchev–Trinajstić information content (AvgIpc) is 3.21. The molecule has 2 aromatic carbocycles. The molecule has 6 heteroatoms.